The fraction of sp³-hybridized carbons (Fsp3) is 0.432. The number of nitrogens with zero attached hydrogens (tertiary/aromatic N) is 6. The maximum Gasteiger partial charge on any atom is 0.433 e. The molecule has 0 bridgehead atoms. The van der Waals surface area contributed by atoms with Gasteiger partial charge in [0.1, 0.15) is 46.1 Å². The Morgan fingerprint density at radius 3 is 2.48 bits per heavy atom. The lowest BCUT2D eigenvalue weighted by molar-refractivity contribution is -0.141. The van der Waals surface area contributed by atoms with Crippen molar-refractivity contribution < 1.29 is 32.3 Å². The van der Waals surface area contributed by atoms with Gasteiger partial charge in [-0.05, 0) is 75.5 Å². The molecule has 1 saturated carbocycles. The minimum Gasteiger partial charge on any atom is -0.488 e. The van der Waals surface area contributed by atoms with E-state index >= 15 is 0 Å². The van der Waals surface area contributed by atoms with Crippen LogP contribution in [-0.2, 0) is 22.8 Å². The van der Waals surface area contributed by atoms with Crippen LogP contribution in [0.4, 0.5) is 19.0 Å². The Morgan fingerprint density at radius 2 is 1.74 bits per heavy atom. The van der Waals surface area contributed by atoms with Crippen molar-refractivity contribution in [2.75, 3.05) is 18.4 Å². The van der Waals surface area contributed by atoms with Crippen LogP contribution in [0.3, 0.4) is 0 Å². The summed E-state index contributed by atoms with van der Waals surface area (Å²) in [6.45, 7) is 1.83. The van der Waals surface area contributed by atoms with Crippen molar-refractivity contribution in [2.24, 2.45) is 7.05 Å². The number of alkyl halides is 3. The smallest absolute Gasteiger partial charge is 0.433 e. The third-order valence-electron chi connectivity index (χ3n) is 10.0. The molecule has 2 saturated heterocycles. The Balaban J connectivity index is 0.000000167. The van der Waals surface area contributed by atoms with Crippen molar-refractivity contribution in [3.63, 3.8) is 0 Å². The molecule has 8 rings (SSSR count). The lowest BCUT2D eigenvalue weighted by atomic mass is 9.96. The molecule has 0 spiro atoms. The van der Waals surface area contributed by atoms with E-state index in [0.29, 0.717) is 34.8 Å². The van der Waals surface area contributed by atoms with E-state index in [1.165, 1.54) is 34.5 Å². The van der Waals surface area contributed by atoms with E-state index in [1.54, 1.807) is 19.3 Å². The van der Waals surface area contributed by atoms with E-state index in [-0.39, 0.29) is 35.6 Å². The number of hydrogen-bond donors (Lipinski definition) is 3. The highest BCUT2D eigenvalue weighted by Crippen LogP contribution is 2.32. The van der Waals surface area contributed by atoms with Gasteiger partial charge >= 0.3 is 11.9 Å². The number of aryl methyl sites for hydroxylation is 1. The Morgan fingerprint density at radius 1 is 0.981 bits per heavy atom. The largest absolute Gasteiger partial charge is 0.488 e. The molecule has 3 fully saturated rings. The minimum atomic E-state index is -4.61. The minimum absolute atomic E-state index is 0.107. The first-order valence-electron chi connectivity index (χ1n) is 18.1. The number of amides is 3. The number of carbonyl (C=O) groups is 3. The van der Waals surface area contributed by atoms with Gasteiger partial charge in [0, 0.05) is 25.1 Å². The zero-order valence-corrected chi connectivity index (χ0v) is 29.6. The molecule has 3 amide bonds. The van der Waals surface area contributed by atoms with Crippen LogP contribution in [0.15, 0.2) is 59.7 Å². The topological polar surface area (TPSA) is 167 Å². The summed E-state index contributed by atoms with van der Waals surface area (Å²) in [5.41, 5.74) is 0.322. The second kappa shape index (κ2) is 15.4. The van der Waals surface area contributed by atoms with Gasteiger partial charge in [-0.2, -0.15) is 18.3 Å². The molecule has 1 unspecified atom stereocenters. The normalized spacial score (nSPS) is 18.6. The third-order valence-corrected chi connectivity index (χ3v) is 10.0. The molecule has 284 valence electrons. The summed E-state index contributed by atoms with van der Waals surface area (Å²) in [6.07, 6.45) is 7.14. The van der Waals surface area contributed by atoms with Crippen LogP contribution in [-0.4, -0.2) is 65.8 Å². The number of aromatic nitrogens is 6. The number of anilines is 1. The highest BCUT2D eigenvalue weighted by Gasteiger charge is 2.34. The summed E-state index contributed by atoms with van der Waals surface area (Å²) < 4.78 is 49.5. The van der Waals surface area contributed by atoms with Crippen molar-refractivity contribution in [2.45, 2.75) is 82.2 Å². The number of hydrogen-bond acceptors (Lipinski definition) is 9. The van der Waals surface area contributed by atoms with Crippen LogP contribution in [0.25, 0.3) is 21.9 Å². The van der Waals surface area contributed by atoms with Crippen molar-refractivity contribution in [3.05, 3.63) is 76.7 Å². The number of halogens is 3. The van der Waals surface area contributed by atoms with Gasteiger partial charge < -0.3 is 15.4 Å². The standard InChI is InChI=1S/C19H18F3N5O.C18H22N4O4/c20-19(21,22)16-8-4-7-14(24-16)18(28)25-17-9-12-11-27(26-15(12)10-23-17)13-5-2-1-3-6-13;1-21-16-12(3-2-4-14(16)26-11-7-9-19-10-8-11)22(18(21)25)13-5-6-15(23)20-17(13)24/h4,7-11,13H,1-3,5-6H2,(H,25,28);2-4,11,13,19H,5-10H2,1H3,(H,20,23,24). The predicted molar refractivity (Wildman–Crippen MR) is 192 cm³/mol. The molecule has 3 aliphatic rings. The summed E-state index contributed by atoms with van der Waals surface area (Å²) in [5, 5.41) is 13.5. The molecular formula is C37H40F3N9O5. The van der Waals surface area contributed by atoms with Crippen molar-refractivity contribution in [3.8, 4) is 5.75 Å². The van der Waals surface area contributed by atoms with Crippen LogP contribution < -0.4 is 26.4 Å². The SMILES string of the molecule is Cn1c(=O)n(C2CCC(=O)NC2=O)c2cccc(OC3CCNCC3)c21.O=C(Nc1cc2cn(C3CCCCC3)nc2cn1)c1cccc(C(F)(F)F)n1. The zero-order chi connectivity index (χ0) is 38.0. The number of carbonyl (C=O) groups excluding carboxylic acids is 3. The maximum atomic E-state index is 12.9. The van der Waals surface area contributed by atoms with Gasteiger partial charge in [0.05, 0.1) is 17.8 Å². The molecule has 14 nitrogen and oxygen atoms in total. The zero-order valence-electron chi connectivity index (χ0n) is 29.6. The number of nitrogens with one attached hydrogen (secondary N) is 3. The van der Waals surface area contributed by atoms with E-state index in [1.807, 2.05) is 29.1 Å². The van der Waals surface area contributed by atoms with Crippen LogP contribution in [0, 0.1) is 0 Å². The Bertz CT molecular complexity index is 2250. The number of para-hydroxylation sites is 1. The summed E-state index contributed by atoms with van der Waals surface area (Å²) in [4.78, 5) is 56.4. The third kappa shape index (κ3) is 7.85. The fourth-order valence-electron chi connectivity index (χ4n) is 7.27. The molecular weight excluding hydrogens is 707 g/mol. The molecule has 0 radical (unpaired) electrons. The number of imide groups is 1. The van der Waals surface area contributed by atoms with E-state index in [9.17, 15) is 32.3 Å². The van der Waals surface area contributed by atoms with E-state index in [2.05, 4.69) is 31.0 Å². The number of rotatable bonds is 6. The number of ether oxygens (including phenoxy) is 1. The van der Waals surface area contributed by atoms with Crippen molar-refractivity contribution in [1.29, 1.82) is 0 Å². The summed E-state index contributed by atoms with van der Waals surface area (Å²) in [7, 11) is 1.68. The van der Waals surface area contributed by atoms with Gasteiger partial charge in [0.25, 0.3) is 5.91 Å². The van der Waals surface area contributed by atoms with Crippen molar-refractivity contribution >= 4 is 45.5 Å². The number of fused-ring (bicyclic) bond motifs is 2. The van der Waals surface area contributed by atoms with Gasteiger partial charge in [-0.3, -0.25) is 33.5 Å². The fourth-order valence-corrected chi connectivity index (χ4v) is 7.27. The van der Waals surface area contributed by atoms with E-state index in [0.717, 1.165) is 56.3 Å². The molecule has 4 aromatic heterocycles. The lowest BCUT2D eigenvalue weighted by Crippen LogP contribution is -2.44. The molecule has 54 heavy (non-hydrogen) atoms. The summed E-state index contributed by atoms with van der Waals surface area (Å²) in [6, 6.07) is 10.1. The highest BCUT2D eigenvalue weighted by atomic mass is 19.4. The molecule has 6 heterocycles. The average molecular weight is 748 g/mol. The highest BCUT2D eigenvalue weighted by molar-refractivity contribution is 6.03. The lowest BCUT2D eigenvalue weighted by Gasteiger charge is -2.24. The predicted octanol–water partition coefficient (Wildman–Crippen LogP) is 5.05. The summed E-state index contributed by atoms with van der Waals surface area (Å²) in [5.74, 6) is -0.590. The van der Waals surface area contributed by atoms with Crippen LogP contribution in [0.5, 0.6) is 5.75 Å². The quantitative estimate of drug-likeness (QED) is 0.202. The number of pyridine rings is 2. The Hall–Kier alpha value is -5.58. The first-order chi connectivity index (χ1) is 26.0. The van der Waals surface area contributed by atoms with Crippen LogP contribution in [0.2, 0.25) is 0 Å². The second-order valence-corrected chi connectivity index (χ2v) is 13.8. The van der Waals surface area contributed by atoms with E-state index < -0.39 is 29.7 Å². The van der Waals surface area contributed by atoms with Gasteiger partial charge in [-0.25, -0.2) is 14.8 Å². The number of piperidine rings is 2. The Labute approximate surface area is 307 Å². The van der Waals surface area contributed by atoms with Crippen LogP contribution >= 0.6 is 0 Å². The number of imidazole rings is 1. The second-order valence-electron chi connectivity index (χ2n) is 13.8. The van der Waals surface area contributed by atoms with Crippen molar-refractivity contribution in [1.82, 2.24) is 39.5 Å². The number of benzene rings is 1. The van der Waals surface area contributed by atoms with Gasteiger partial charge in [0.15, 0.2) is 0 Å². The molecule has 1 atom stereocenters. The molecule has 5 aromatic rings. The molecule has 1 aliphatic carbocycles. The van der Waals surface area contributed by atoms with Gasteiger partial charge in [-0.1, -0.05) is 31.4 Å². The molecule has 1 aromatic carbocycles. The average Bonchev–Trinajstić information content (AvgIpc) is 3.70. The van der Waals surface area contributed by atoms with E-state index in [4.69, 9.17) is 4.74 Å². The first-order valence-corrected chi connectivity index (χ1v) is 18.1. The molecule has 3 N–H and O–H groups in total. The molecule has 17 heteroatoms. The van der Waals surface area contributed by atoms with Crippen LogP contribution in [0.1, 0.15) is 86.1 Å². The monoisotopic (exact) mass is 747 g/mol. The van der Waals surface area contributed by atoms with Gasteiger partial charge in [0.2, 0.25) is 11.8 Å². The first kappa shape index (κ1) is 36.8. The summed E-state index contributed by atoms with van der Waals surface area (Å²) >= 11 is 0. The van der Waals surface area contributed by atoms with Gasteiger partial charge in [-0.15, -0.1) is 0 Å². The molecule has 2 aliphatic heterocycles. The Kier molecular flexibility index (Phi) is 10.5. The maximum absolute atomic E-state index is 12.9.